The predicted molar refractivity (Wildman–Crippen MR) is 67.9 cm³/mol. The first kappa shape index (κ1) is 11.4. The van der Waals surface area contributed by atoms with Gasteiger partial charge in [0.15, 0.2) is 0 Å². The van der Waals surface area contributed by atoms with Crippen molar-refractivity contribution >= 4 is 11.3 Å². The molecule has 0 aliphatic rings. The van der Waals surface area contributed by atoms with Gasteiger partial charge in [0, 0.05) is 17.3 Å². The van der Waals surface area contributed by atoms with Crippen LogP contribution in [0.1, 0.15) is 28.7 Å². The Morgan fingerprint density at radius 3 is 2.88 bits per heavy atom. The van der Waals surface area contributed by atoms with Crippen molar-refractivity contribution in [1.82, 2.24) is 5.32 Å². The summed E-state index contributed by atoms with van der Waals surface area (Å²) in [4.78, 5) is 1.40. The van der Waals surface area contributed by atoms with Crippen LogP contribution in [0, 0.1) is 6.92 Å². The van der Waals surface area contributed by atoms with Gasteiger partial charge in [0.1, 0.15) is 5.76 Å². The average molecular weight is 235 g/mol. The molecule has 2 nitrogen and oxygen atoms in total. The fourth-order valence-electron chi connectivity index (χ4n) is 1.95. The van der Waals surface area contributed by atoms with Crippen molar-refractivity contribution in [3.8, 4) is 0 Å². The molecule has 0 amide bonds. The van der Waals surface area contributed by atoms with E-state index in [4.69, 9.17) is 4.42 Å². The molecule has 2 aromatic heterocycles. The molecule has 0 saturated carbocycles. The Hall–Kier alpha value is -1.06. The Morgan fingerprint density at radius 2 is 2.31 bits per heavy atom. The summed E-state index contributed by atoms with van der Waals surface area (Å²) in [5.74, 6) is 1.06. The standard InChI is InChI=1S/C13H17NOS/c1-10-12(7-9-16-10)13(14-2)6-5-11-4-3-8-15-11/h3-4,7-9,13-14H,5-6H2,1-2H3. The van der Waals surface area contributed by atoms with Crippen LogP contribution in [0.25, 0.3) is 0 Å². The van der Waals surface area contributed by atoms with Crippen LogP contribution >= 0.6 is 11.3 Å². The molecule has 0 aliphatic heterocycles. The summed E-state index contributed by atoms with van der Waals surface area (Å²) in [6.07, 6.45) is 3.79. The van der Waals surface area contributed by atoms with Crippen LogP contribution in [0.15, 0.2) is 34.3 Å². The molecule has 0 aromatic carbocycles. The Morgan fingerprint density at radius 1 is 1.44 bits per heavy atom. The molecular weight excluding hydrogens is 218 g/mol. The van der Waals surface area contributed by atoms with E-state index in [0.29, 0.717) is 6.04 Å². The van der Waals surface area contributed by atoms with Crippen LogP contribution in [0.5, 0.6) is 0 Å². The third-order valence-electron chi connectivity index (χ3n) is 2.88. The molecule has 0 bridgehead atoms. The summed E-state index contributed by atoms with van der Waals surface area (Å²) in [5.41, 5.74) is 1.42. The van der Waals surface area contributed by atoms with Crippen LogP contribution in [0.3, 0.4) is 0 Å². The van der Waals surface area contributed by atoms with Crippen LogP contribution < -0.4 is 5.32 Å². The maximum Gasteiger partial charge on any atom is 0.103 e. The van der Waals surface area contributed by atoms with Gasteiger partial charge < -0.3 is 9.73 Å². The largest absolute Gasteiger partial charge is 0.469 e. The highest BCUT2D eigenvalue weighted by molar-refractivity contribution is 7.10. The third kappa shape index (κ3) is 2.54. The fourth-order valence-corrected chi connectivity index (χ4v) is 2.72. The summed E-state index contributed by atoms with van der Waals surface area (Å²) in [6, 6.07) is 6.62. The van der Waals surface area contributed by atoms with E-state index in [1.807, 2.05) is 30.5 Å². The van der Waals surface area contributed by atoms with E-state index in [9.17, 15) is 0 Å². The van der Waals surface area contributed by atoms with Gasteiger partial charge in [-0.25, -0.2) is 0 Å². The maximum atomic E-state index is 5.35. The van der Waals surface area contributed by atoms with Crippen LogP contribution in [-0.2, 0) is 6.42 Å². The molecule has 0 radical (unpaired) electrons. The average Bonchev–Trinajstić information content (AvgIpc) is 2.92. The molecule has 86 valence electrons. The zero-order chi connectivity index (χ0) is 11.4. The monoisotopic (exact) mass is 235 g/mol. The van der Waals surface area contributed by atoms with Gasteiger partial charge in [-0.1, -0.05) is 0 Å². The molecule has 1 N–H and O–H groups in total. The SMILES string of the molecule is CNC(CCc1ccco1)c1ccsc1C. The number of thiophene rings is 1. The van der Waals surface area contributed by atoms with Gasteiger partial charge in [-0.05, 0) is 49.5 Å². The Bertz CT molecular complexity index is 419. The summed E-state index contributed by atoms with van der Waals surface area (Å²) in [5, 5.41) is 5.53. The van der Waals surface area contributed by atoms with Crippen molar-refractivity contribution in [3.05, 3.63) is 46.0 Å². The zero-order valence-corrected chi connectivity index (χ0v) is 10.5. The molecule has 0 fully saturated rings. The molecule has 16 heavy (non-hydrogen) atoms. The number of rotatable bonds is 5. The van der Waals surface area contributed by atoms with E-state index in [0.717, 1.165) is 18.6 Å². The molecule has 1 atom stereocenters. The molecule has 2 aromatic rings. The second-order valence-corrected chi connectivity index (χ2v) is 5.01. The van der Waals surface area contributed by atoms with Crippen LogP contribution in [0.2, 0.25) is 0 Å². The van der Waals surface area contributed by atoms with E-state index in [1.165, 1.54) is 10.4 Å². The highest BCUT2D eigenvalue weighted by Crippen LogP contribution is 2.25. The van der Waals surface area contributed by atoms with Gasteiger partial charge in [-0.15, -0.1) is 11.3 Å². The van der Waals surface area contributed by atoms with Crippen molar-refractivity contribution < 1.29 is 4.42 Å². The summed E-state index contributed by atoms with van der Waals surface area (Å²) in [7, 11) is 2.02. The van der Waals surface area contributed by atoms with Crippen molar-refractivity contribution in [2.24, 2.45) is 0 Å². The Labute approximate surface area is 100 Å². The number of furan rings is 1. The fraction of sp³-hybridized carbons (Fsp3) is 0.385. The van der Waals surface area contributed by atoms with E-state index in [2.05, 4.69) is 23.7 Å². The molecule has 0 aliphatic carbocycles. The van der Waals surface area contributed by atoms with E-state index in [-0.39, 0.29) is 0 Å². The zero-order valence-electron chi connectivity index (χ0n) is 9.69. The molecular formula is C13H17NOS. The Kier molecular flexibility index (Phi) is 3.80. The van der Waals surface area contributed by atoms with E-state index in [1.54, 1.807) is 6.26 Å². The normalized spacial score (nSPS) is 12.9. The first-order valence-corrected chi connectivity index (χ1v) is 6.43. The molecule has 0 saturated heterocycles. The van der Waals surface area contributed by atoms with E-state index < -0.39 is 0 Å². The highest BCUT2D eigenvalue weighted by Gasteiger charge is 2.13. The topological polar surface area (TPSA) is 25.2 Å². The maximum absolute atomic E-state index is 5.35. The van der Waals surface area contributed by atoms with Crippen LogP contribution in [-0.4, -0.2) is 7.05 Å². The number of hydrogen-bond acceptors (Lipinski definition) is 3. The van der Waals surface area contributed by atoms with Gasteiger partial charge >= 0.3 is 0 Å². The summed E-state index contributed by atoms with van der Waals surface area (Å²) in [6.45, 7) is 2.18. The number of nitrogens with one attached hydrogen (secondary N) is 1. The Balaban J connectivity index is 1.99. The van der Waals surface area contributed by atoms with Crippen molar-refractivity contribution in [3.63, 3.8) is 0 Å². The number of hydrogen-bond donors (Lipinski definition) is 1. The minimum Gasteiger partial charge on any atom is -0.469 e. The second kappa shape index (κ2) is 5.32. The van der Waals surface area contributed by atoms with Gasteiger partial charge in [0.2, 0.25) is 0 Å². The molecule has 0 spiro atoms. The minimum atomic E-state index is 0.427. The first-order chi connectivity index (χ1) is 7.81. The van der Waals surface area contributed by atoms with Crippen molar-refractivity contribution in [2.45, 2.75) is 25.8 Å². The molecule has 1 unspecified atom stereocenters. The summed E-state index contributed by atoms with van der Waals surface area (Å²) < 4.78 is 5.35. The van der Waals surface area contributed by atoms with Crippen molar-refractivity contribution in [1.29, 1.82) is 0 Å². The predicted octanol–water partition coefficient (Wildman–Crippen LogP) is 3.54. The molecule has 3 heteroatoms. The van der Waals surface area contributed by atoms with Crippen molar-refractivity contribution in [2.75, 3.05) is 7.05 Å². The van der Waals surface area contributed by atoms with Gasteiger partial charge in [-0.2, -0.15) is 0 Å². The third-order valence-corrected chi connectivity index (χ3v) is 3.74. The number of aryl methyl sites for hydroxylation is 2. The molecule has 2 rings (SSSR count). The lowest BCUT2D eigenvalue weighted by Crippen LogP contribution is -2.17. The smallest absolute Gasteiger partial charge is 0.103 e. The lowest BCUT2D eigenvalue weighted by atomic mass is 10.0. The summed E-state index contributed by atoms with van der Waals surface area (Å²) >= 11 is 1.81. The van der Waals surface area contributed by atoms with E-state index >= 15 is 0 Å². The quantitative estimate of drug-likeness (QED) is 0.857. The first-order valence-electron chi connectivity index (χ1n) is 5.55. The van der Waals surface area contributed by atoms with Crippen LogP contribution in [0.4, 0.5) is 0 Å². The van der Waals surface area contributed by atoms with Gasteiger partial charge in [0.05, 0.1) is 6.26 Å². The van der Waals surface area contributed by atoms with Gasteiger partial charge in [0.25, 0.3) is 0 Å². The minimum absolute atomic E-state index is 0.427. The highest BCUT2D eigenvalue weighted by atomic mass is 32.1. The molecule has 2 heterocycles. The lowest BCUT2D eigenvalue weighted by molar-refractivity contribution is 0.469. The lowest BCUT2D eigenvalue weighted by Gasteiger charge is -2.15. The van der Waals surface area contributed by atoms with Gasteiger partial charge in [-0.3, -0.25) is 0 Å². The second-order valence-electron chi connectivity index (χ2n) is 3.89.